The van der Waals surface area contributed by atoms with Crippen LogP contribution in [0.1, 0.15) is 32.7 Å². The van der Waals surface area contributed by atoms with E-state index in [-0.39, 0.29) is 17.8 Å². The normalized spacial score (nSPS) is 12.8. The zero-order chi connectivity index (χ0) is 22.4. The molecular weight excluding hydrogens is 419 g/mol. The summed E-state index contributed by atoms with van der Waals surface area (Å²) >= 11 is 1.30. The second-order valence-corrected chi connectivity index (χ2v) is 8.09. The molecule has 0 bridgehead atoms. The van der Waals surface area contributed by atoms with Crippen molar-refractivity contribution in [2.75, 3.05) is 12.4 Å². The number of ether oxygens (including phenoxy) is 2. The lowest BCUT2D eigenvalue weighted by atomic mass is 10.3. The lowest BCUT2D eigenvalue weighted by molar-refractivity contribution is -0.115. The van der Waals surface area contributed by atoms with Gasteiger partial charge in [-0.15, -0.1) is 10.2 Å². The number of anilines is 1. The van der Waals surface area contributed by atoms with E-state index in [4.69, 9.17) is 9.47 Å². The van der Waals surface area contributed by atoms with Crippen LogP contribution in [-0.2, 0) is 11.3 Å². The van der Waals surface area contributed by atoms with Gasteiger partial charge in [0.1, 0.15) is 17.3 Å². The average Bonchev–Trinajstić information content (AvgIpc) is 3.18. The Morgan fingerprint density at radius 1 is 1.16 bits per heavy atom. The van der Waals surface area contributed by atoms with Crippen molar-refractivity contribution in [3.63, 3.8) is 0 Å². The number of hydrogen-bond donors (Lipinski definition) is 1. The predicted molar refractivity (Wildman–Crippen MR) is 118 cm³/mol. The number of carbonyl (C=O) groups is 1. The molecular formula is C22H25FN4O3S. The summed E-state index contributed by atoms with van der Waals surface area (Å²) in [5, 5.41) is 11.5. The number of hydrogen-bond acceptors (Lipinski definition) is 6. The molecule has 1 amide bonds. The molecule has 7 nitrogen and oxygen atoms in total. The molecule has 1 N–H and O–H groups in total. The first-order valence-corrected chi connectivity index (χ1v) is 10.8. The van der Waals surface area contributed by atoms with Gasteiger partial charge in [0, 0.05) is 18.3 Å². The summed E-state index contributed by atoms with van der Waals surface area (Å²) in [5.74, 6) is 1.48. The van der Waals surface area contributed by atoms with Gasteiger partial charge in [-0.05, 0) is 57.2 Å². The van der Waals surface area contributed by atoms with Gasteiger partial charge in [-0.1, -0.05) is 17.8 Å². The molecule has 1 aromatic heterocycles. The fourth-order valence-electron chi connectivity index (χ4n) is 2.91. The van der Waals surface area contributed by atoms with E-state index in [1.165, 1.54) is 36.0 Å². The Kier molecular flexibility index (Phi) is 7.51. The number of thioether (sulfide) groups is 1. The molecule has 3 rings (SSSR count). The van der Waals surface area contributed by atoms with E-state index in [2.05, 4.69) is 15.5 Å². The van der Waals surface area contributed by atoms with Crippen LogP contribution in [0.25, 0.3) is 0 Å². The summed E-state index contributed by atoms with van der Waals surface area (Å²) in [4.78, 5) is 12.5. The van der Waals surface area contributed by atoms with Gasteiger partial charge in [-0.3, -0.25) is 4.79 Å². The molecule has 2 aromatic carbocycles. The third kappa shape index (κ3) is 5.75. The van der Waals surface area contributed by atoms with Crippen molar-refractivity contribution in [2.24, 2.45) is 0 Å². The highest BCUT2D eigenvalue weighted by Gasteiger charge is 2.23. The van der Waals surface area contributed by atoms with Gasteiger partial charge in [0.25, 0.3) is 0 Å². The van der Waals surface area contributed by atoms with E-state index in [0.717, 1.165) is 0 Å². The van der Waals surface area contributed by atoms with Crippen molar-refractivity contribution < 1.29 is 18.7 Å². The molecule has 0 aliphatic carbocycles. The first-order chi connectivity index (χ1) is 14.9. The lowest BCUT2D eigenvalue weighted by Crippen LogP contribution is -2.23. The van der Waals surface area contributed by atoms with Crippen molar-refractivity contribution in [2.45, 2.75) is 43.8 Å². The maximum absolute atomic E-state index is 13.0. The summed E-state index contributed by atoms with van der Waals surface area (Å²) in [7, 11) is 1.60. The molecule has 3 aromatic rings. The molecule has 31 heavy (non-hydrogen) atoms. The van der Waals surface area contributed by atoms with Crippen LogP contribution in [0, 0.1) is 5.82 Å². The highest BCUT2D eigenvalue weighted by atomic mass is 32.2. The largest absolute Gasteiger partial charge is 0.497 e. The van der Waals surface area contributed by atoms with Crippen LogP contribution in [-0.4, -0.2) is 33.0 Å². The summed E-state index contributed by atoms with van der Waals surface area (Å²) in [6, 6.07) is 13.0. The average molecular weight is 445 g/mol. The smallest absolute Gasteiger partial charge is 0.237 e. The fraction of sp³-hybridized carbons (Fsp3) is 0.318. The molecule has 164 valence electrons. The Balaban J connectivity index is 1.68. The number of nitrogens with zero attached hydrogens (tertiary/aromatic N) is 3. The summed E-state index contributed by atoms with van der Waals surface area (Å²) < 4.78 is 26.2. The first kappa shape index (κ1) is 22.6. The Hall–Kier alpha value is -3.07. The number of carbonyl (C=O) groups excluding carboxylic acids is 1. The zero-order valence-corrected chi connectivity index (χ0v) is 18.6. The molecule has 0 saturated heterocycles. The van der Waals surface area contributed by atoms with E-state index in [1.807, 2.05) is 36.6 Å². The molecule has 2 atom stereocenters. The number of halogens is 1. The minimum absolute atomic E-state index is 0.204. The second-order valence-electron chi connectivity index (χ2n) is 6.78. The van der Waals surface area contributed by atoms with Crippen LogP contribution in [0.5, 0.6) is 11.5 Å². The third-order valence-corrected chi connectivity index (χ3v) is 5.62. The number of nitrogens with one attached hydrogen (secondary N) is 1. The zero-order valence-electron chi connectivity index (χ0n) is 17.8. The minimum atomic E-state index is -0.429. The number of methoxy groups -OCH3 is 1. The first-order valence-electron chi connectivity index (χ1n) is 9.88. The maximum atomic E-state index is 13.0. The number of amides is 1. The van der Waals surface area contributed by atoms with Gasteiger partial charge in [0.05, 0.1) is 12.4 Å². The third-order valence-electron chi connectivity index (χ3n) is 4.54. The van der Waals surface area contributed by atoms with E-state index < -0.39 is 5.25 Å². The molecule has 0 spiro atoms. The Morgan fingerprint density at radius 3 is 2.55 bits per heavy atom. The quantitative estimate of drug-likeness (QED) is 0.482. The minimum Gasteiger partial charge on any atom is -0.497 e. The SMILES string of the molecule is CCn1c(SC(C)C(=O)Nc2ccc(F)cc2)nnc1C(C)Oc1cccc(OC)c1. The van der Waals surface area contributed by atoms with E-state index in [1.54, 1.807) is 20.1 Å². The van der Waals surface area contributed by atoms with Gasteiger partial charge >= 0.3 is 0 Å². The molecule has 2 unspecified atom stereocenters. The maximum Gasteiger partial charge on any atom is 0.237 e. The Labute approximate surface area is 185 Å². The predicted octanol–water partition coefficient (Wildman–Crippen LogP) is 4.71. The van der Waals surface area contributed by atoms with Gasteiger partial charge in [0.2, 0.25) is 5.91 Å². The van der Waals surface area contributed by atoms with E-state index >= 15 is 0 Å². The molecule has 9 heteroatoms. The highest BCUT2D eigenvalue weighted by molar-refractivity contribution is 8.00. The van der Waals surface area contributed by atoms with Gasteiger partial charge in [-0.25, -0.2) is 4.39 Å². The number of rotatable bonds is 9. The lowest BCUT2D eigenvalue weighted by Gasteiger charge is -2.17. The van der Waals surface area contributed by atoms with Crippen molar-refractivity contribution >= 4 is 23.4 Å². The van der Waals surface area contributed by atoms with Gasteiger partial charge in [0.15, 0.2) is 17.1 Å². The van der Waals surface area contributed by atoms with Crippen molar-refractivity contribution in [3.05, 3.63) is 60.2 Å². The van der Waals surface area contributed by atoms with Crippen molar-refractivity contribution in [1.29, 1.82) is 0 Å². The Morgan fingerprint density at radius 2 is 1.87 bits per heavy atom. The van der Waals surface area contributed by atoms with Crippen molar-refractivity contribution in [3.8, 4) is 11.5 Å². The summed E-state index contributed by atoms with van der Waals surface area (Å²) in [6.45, 7) is 6.30. The van der Waals surface area contributed by atoms with Crippen LogP contribution in [0.4, 0.5) is 10.1 Å². The molecule has 0 aliphatic heterocycles. The molecule has 0 aliphatic rings. The van der Waals surface area contributed by atoms with Crippen LogP contribution in [0.15, 0.2) is 53.7 Å². The van der Waals surface area contributed by atoms with Crippen LogP contribution in [0.3, 0.4) is 0 Å². The highest BCUT2D eigenvalue weighted by Crippen LogP contribution is 2.28. The van der Waals surface area contributed by atoms with Gasteiger partial charge in [-0.2, -0.15) is 0 Å². The number of aromatic nitrogens is 3. The van der Waals surface area contributed by atoms with Crippen LogP contribution >= 0.6 is 11.8 Å². The topological polar surface area (TPSA) is 78.3 Å². The van der Waals surface area contributed by atoms with E-state index in [9.17, 15) is 9.18 Å². The van der Waals surface area contributed by atoms with E-state index in [0.29, 0.717) is 34.7 Å². The summed E-state index contributed by atoms with van der Waals surface area (Å²) in [5.41, 5.74) is 0.539. The fourth-order valence-corrected chi connectivity index (χ4v) is 3.83. The molecule has 0 radical (unpaired) electrons. The molecule has 1 heterocycles. The Bertz CT molecular complexity index is 1030. The van der Waals surface area contributed by atoms with Crippen LogP contribution in [0.2, 0.25) is 0 Å². The number of benzene rings is 2. The van der Waals surface area contributed by atoms with Gasteiger partial charge < -0.3 is 19.4 Å². The van der Waals surface area contributed by atoms with Crippen molar-refractivity contribution in [1.82, 2.24) is 14.8 Å². The monoisotopic (exact) mass is 444 g/mol. The second kappa shape index (κ2) is 10.3. The molecule has 0 fully saturated rings. The summed E-state index contributed by atoms with van der Waals surface area (Å²) in [6.07, 6.45) is -0.350. The molecule has 0 saturated carbocycles. The standard InChI is InChI=1S/C22H25FN4O3S/c1-5-27-20(14(2)30-19-8-6-7-18(13-19)29-4)25-26-22(27)31-15(3)21(28)24-17-11-9-16(23)10-12-17/h6-15H,5H2,1-4H3,(H,24,28). The van der Waals surface area contributed by atoms with Crippen LogP contribution < -0.4 is 14.8 Å².